The molecule has 0 aliphatic carbocycles. The Balaban J connectivity index is 1.49. The lowest BCUT2D eigenvalue weighted by atomic mass is 10.1. The number of rotatable bonds is 8. The van der Waals surface area contributed by atoms with Crippen molar-refractivity contribution in [1.29, 1.82) is 0 Å². The van der Waals surface area contributed by atoms with Gasteiger partial charge in [0.1, 0.15) is 5.75 Å². The lowest BCUT2D eigenvalue weighted by Crippen LogP contribution is -2.24. The van der Waals surface area contributed by atoms with Crippen LogP contribution < -0.4 is 14.9 Å². The fourth-order valence-electron chi connectivity index (χ4n) is 2.62. The lowest BCUT2D eigenvalue weighted by molar-refractivity contribution is -0.123. The van der Waals surface area contributed by atoms with Crippen molar-refractivity contribution in [2.45, 2.75) is 6.92 Å². The minimum Gasteiger partial charge on any atom is -0.504 e. The van der Waals surface area contributed by atoms with Crippen LogP contribution >= 0.6 is 0 Å². The van der Waals surface area contributed by atoms with Gasteiger partial charge in [-0.25, -0.2) is 5.43 Å². The van der Waals surface area contributed by atoms with Gasteiger partial charge in [-0.05, 0) is 53.9 Å². The van der Waals surface area contributed by atoms with E-state index in [2.05, 4.69) is 10.5 Å². The molecular weight excluding hydrogens is 368 g/mol. The molecule has 0 aliphatic heterocycles. The molecule has 2 N–H and O–H groups in total. The average Bonchev–Trinajstić information content (AvgIpc) is 2.76. The summed E-state index contributed by atoms with van der Waals surface area (Å²) >= 11 is 0. The van der Waals surface area contributed by atoms with Crippen LogP contribution in [0.1, 0.15) is 12.5 Å². The fraction of sp³-hybridized carbons (Fsp3) is 0.130. The highest BCUT2D eigenvalue weighted by molar-refractivity contribution is 5.83. The van der Waals surface area contributed by atoms with Crippen LogP contribution in [0.15, 0.2) is 77.9 Å². The average molecular weight is 390 g/mol. The Morgan fingerprint density at radius 3 is 2.45 bits per heavy atom. The molecule has 6 heteroatoms. The summed E-state index contributed by atoms with van der Waals surface area (Å²) in [5.41, 5.74) is 5.29. The second-order valence-electron chi connectivity index (χ2n) is 6.13. The number of carbonyl (C=O) groups excluding carboxylic acids is 1. The van der Waals surface area contributed by atoms with Crippen LogP contribution in [-0.2, 0) is 4.79 Å². The van der Waals surface area contributed by atoms with Crippen molar-refractivity contribution in [3.05, 3.63) is 78.4 Å². The van der Waals surface area contributed by atoms with E-state index in [1.54, 1.807) is 12.1 Å². The zero-order chi connectivity index (χ0) is 20.5. The maximum atomic E-state index is 11.9. The molecule has 3 rings (SSSR count). The van der Waals surface area contributed by atoms with Crippen LogP contribution in [0.2, 0.25) is 0 Å². The van der Waals surface area contributed by atoms with Crippen molar-refractivity contribution < 1.29 is 19.4 Å². The number of hydrogen-bond acceptors (Lipinski definition) is 5. The van der Waals surface area contributed by atoms with Crippen molar-refractivity contribution in [2.75, 3.05) is 13.2 Å². The maximum Gasteiger partial charge on any atom is 0.277 e. The number of amides is 1. The number of phenolic OH excluding ortho intramolecular Hbond substituents is 1. The summed E-state index contributed by atoms with van der Waals surface area (Å²) in [5.74, 6) is 0.644. The first-order chi connectivity index (χ1) is 14.2. The van der Waals surface area contributed by atoms with Gasteiger partial charge in [-0.3, -0.25) is 4.79 Å². The molecule has 0 atom stereocenters. The standard InChI is InChI=1S/C23H22N2O4/c1-2-28-22-14-17(8-13-21(22)26)15-24-25-23(27)16-29-20-11-9-19(10-12-20)18-6-4-3-5-7-18/h3-15,26H,2,16H2,1H3,(H,25,27). The van der Waals surface area contributed by atoms with E-state index in [-0.39, 0.29) is 18.3 Å². The van der Waals surface area contributed by atoms with Crippen LogP contribution in [0.5, 0.6) is 17.2 Å². The summed E-state index contributed by atoms with van der Waals surface area (Å²) in [6.07, 6.45) is 1.47. The minimum absolute atomic E-state index is 0.0553. The molecule has 3 aromatic rings. The van der Waals surface area contributed by atoms with E-state index in [0.717, 1.165) is 11.1 Å². The van der Waals surface area contributed by atoms with Gasteiger partial charge in [0.25, 0.3) is 5.91 Å². The summed E-state index contributed by atoms with van der Waals surface area (Å²) in [7, 11) is 0. The third-order valence-electron chi connectivity index (χ3n) is 4.02. The number of nitrogens with zero attached hydrogens (tertiary/aromatic N) is 1. The molecule has 0 spiro atoms. The van der Waals surface area contributed by atoms with Crippen molar-refractivity contribution >= 4 is 12.1 Å². The van der Waals surface area contributed by atoms with E-state index >= 15 is 0 Å². The van der Waals surface area contributed by atoms with Crippen LogP contribution in [0.25, 0.3) is 11.1 Å². The number of hydrazone groups is 1. The monoisotopic (exact) mass is 390 g/mol. The first kappa shape index (κ1) is 19.9. The van der Waals surface area contributed by atoms with Crippen molar-refractivity contribution in [3.63, 3.8) is 0 Å². The van der Waals surface area contributed by atoms with Gasteiger partial charge in [0.05, 0.1) is 12.8 Å². The molecule has 0 saturated heterocycles. The number of ether oxygens (including phenoxy) is 2. The number of benzene rings is 3. The zero-order valence-electron chi connectivity index (χ0n) is 16.0. The lowest BCUT2D eigenvalue weighted by Gasteiger charge is -2.07. The Kier molecular flexibility index (Phi) is 6.84. The Bertz CT molecular complexity index is 970. The van der Waals surface area contributed by atoms with Crippen LogP contribution in [0.3, 0.4) is 0 Å². The molecule has 0 unspecified atom stereocenters. The minimum atomic E-state index is -0.378. The van der Waals surface area contributed by atoms with Crippen molar-refractivity contribution in [2.24, 2.45) is 5.10 Å². The summed E-state index contributed by atoms with van der Waals surface area (Å²) < 4.78 is 10.8. The second-order valence-corrected chi connectivity index (χ2v) is 6.13. The summed E-state index contributed by atoms with van der Waals surface area (Å²) in [5, 5.41) is 13.6. The van der Waals surface area contributed by atoms with E-state index in [9.17, 15) is 9.90 Å². The van der Waals surface area contributed by atoms with Gasteiger partial charge in [0.15, 0.2) is 18.1 Å². The van der Waals surface area contributed by atoms with Gasteiger partial charge < -0.3 is 14.6 Å². The summed E-state index contributed by atoms with van der Waals surface area (Å²) in [4.78, 5) is 11.9. The van der Waals surface area contributed by atoms with Gasteiger partial charge >= 0.3 is 0 Å². The molecule has 0 aliphatic rings. The third-order valence-corrected chi connectivity index (χ3v) is 4.02. The van der Waals surface area contributed by atoms with E-state index < -0.39 is 0 Å². The molecule has 0 saturated carbocycles. The predicted octanol–water partition coefficient (Wildman–Crippen LogP) is 3.99. The number of carbonyl (C=O) groups is 1. The molecular formula is C23H22N2O4. The number of hydrogen-bond donors (Lipinski definition) is 2. The van der Waals surface area contributed by atoms with Crippen molar-refractivity contribution in [1.82, 2.24) is 5.43 Å². The first-order valence-electron chi connectivity index (χ1n) is 9.21. The highest BCUT2D eigenvalue weighted by atomic mass is 16.5. The van der Waals surface area contributed by atoms with Gasteiger partial charge in [-0.15, -0.1) is 0 Å². The molecule has 0 aromatic heterocycles. The number of nitrogens with one attached hydrogen (secondary N) is 1. The van der Waals surface area contributed by atoms with E-state index in [4.69, 9.17) is 9.47 Å². The number of aromatic hydroxyl groups is 1. The molecule has 6 nitrogen and oxygen atoms in total. The molecule has 1 amide bonds. The Hall–Kier alpha value is -3.80. The third kappa shape index (κ3) is 5.84. The molecule has 148 valence electrons. The Morgan fingerprint density at radius 1 is 1.00 bits per heavy atom. The maximum absolute atomic E-state index is 11.9. The molecule has 3 aromatic carbocycles. The van der Waals surface area contributed by atoms with Gasteiger partial charge in [-0.1, -0.05) is 42.5 Å². The normalized spacial score (nSPS) is 10.7. The molecule has 0 fully saturated rings. The van der Waals surface area contributed by atoms with Gasteiger partial charge in [-0.2, -0.15) is 5.10 Å². The fourth-order valence-corrected chi connectivity index (χ4v) is 2.62. The SMILES string of the molecule is CCOc1cc(C=NNC(=O)COc2ccc(-c3ccccc3)cc2)ccc1O. The molecule has 0 bridgehead atoms. The highest BCUT2D eigenvalue weighted by Crippen LogP contribution is 2.26. The van der Waals surface area contributed by atoms with Crippen LogP contribution in [-0.4, -0.2) is 30.4 Å². The van der Waals surface area contributed by atoms with E-state index in [1.165, 1.54) is 12.3 Å². The quantitative estimate of drug-likeness (QED) is 0.450. The molecule has 0 heterocycles. The summed E-state index contributed by atoms with van der Waals surface area (Å²) in [6.45, 7) is 2.12. The van der Waals surface area contributed by atoms with E-state index in [1.807, 2.05) is 61.5 Å². The zero-order valence-corrected chi connectivity index (χ0v) is 16.0. The van der Waals surface area contributed by atoms with E-state index in [0.29, 0.717) is 23.7 Å². The smallest absolute Gasteiger partial charge is 0.277 e. The van der Waals surface area contributed by atoms with Gasteiger partial charge in [0, 0.05) is 0 Å². The Morgan fingerprint density at radius 2 is 1.72 bits per heavy atom. The topological polar surface area (TPSA) is 80.2 Å². The predicted molar refractivity (Wildman–Crippen MR) is 112 cm³/mol. The Labute approximate surface area is 169 Å². The van der Waals surface area contributed by atoms with Gasteiger partial charge in [0.2, 0.25) is 0 Å². The molecule has 0 radical (unpaired) electrons. The second kappa shape index (κ2) is 9.94. The molecule has 29 heavy (non-hydrogen) atoms. The van der Waals surface area contributed by atoms with Crippen LogP contribution in [0, 0.1) is 0 Å². The first-order valence-corrected chi connectivity index (χ1v) is 9.21. The largest absolute Gasteiger partial charge is 0.504 e. The summed E-state index contributed by atoms with van der Waals surface area (Å²) in [6, 6.07) is 22.4. The van der Waals surface area contributed by atoms with Crippen molar-refractivity contribution in [3.8, 4) is 28.4 Å². The van der Waals surface area contributed by atoms with Crippen LogP contribution in [0.4, 0.5) is 0 Å². The number of phenols is 1. The highest BCUT2D eigenvalue weighted by Gasteiger charge is 2.04.